The number of alkyl halides is 1. The Balaban J connectivity index is 3.50. The lowest BCUT2D eigenvalue weighted by Gasteiger charge is -2.29. The Morgan fingerprint density at radius 1 is 1.00 bits per heavy atom. The average Bonchev–Trinajstić information content (AvgIpc) is 2.35. The lowest BCUT2D eigenvalue weighted by atomic mass is 9.78. The fourth-order valence-electron chi connectivity index (χ4n) is 2.36. The molecule has 3 nitrogen and oxygen atoms in total. The van der Waals surface area contributed by atoms with Crippen LogP contribution in [0.4, 0.5) is 0 Å². The third-order valence-corrected chi connectivity index (χ3v) is 4.12. The van der Waals surface area contributed by atoms with E-state index in [2.05, 4.69) is 20.8 Å². The van der Waals surface area contributed by atoms with E-state index in [4.69, 9.17) is 11.6 Å². The number of benzene rings is 1. The molecule has 0 aliphatic rings. The highest BCUT2D eigenvalue weighted by Gasteiger charge is 2.29. The van der Waals surface area contributed by atoms with Gasteiger partial charge in [0.1, 0.15) is 11.9 Å². The largest absolute Gasteiger partial charge is 0.507 e. The Hall–Kier alpha value is -0.770. The zero-order chi connectivity index (χ0) is 17.3. The van der Waals surface area contributed by atoms with E-state index >= 15 is 0 Å². The zero-order valence-corrected chi connectivity index (χ0v) is 15.2. The Morgan fingerprint density at radius 2 is 1.55 bits per heavy atom. The molecular weight excluding hydrogens is 300 g/mol. The van der Waals surface area contributed by atoms with Crippen LogP contribution in [0.25, 0.3) is 0 Å². The van der Waals surface area contributed by atoms with Gasteiger partial charge in [-0.3, -0.25) is 0 Å². The van der Waals surface area contributed by atoms with Gasteiger partial charge in [-0.05, 0) is 34.4 Å². The van der Waals surface area contributed by atoms with Crippen LogP contribution in [-0.2, 0) is 10.8 Å². The van der Waals surface area contributed by atoms with Crippen molar-refractivity contribution in [2.75, 3.05) is 5.88 Å². The van der Waals surface area contributed by atoms with E-state index in [0.29, 0.717) is 5.56 Å². The minimum Gasteiger partial charge on any atom is -0.507 e. The van der Waals surface area contributed by atoms with Crippen LogP contribution in [0, 0.1) is 0 Å². The summed E-state index contributed by atoms with van der Waals surface area (Å²) < 4.78 is 0. The van der Waals surface area contributed by atoms with Crippen LogP contribution < -0.4 is 0 Å². The number of rotatable bonds is 4. The quantitative estimate of drug-likeness (QED) is 0.732. The molecule has 0 aliphatic heterocycles. The molecule has 4 heteroatoms. The molecule has 1 aromatic rings. The predicted molar refractivity (Wildman–Crippen MR) is 91.8 cm³/mol. The fourth-order valence-corrected chi connectivity index (χ4v) is 2.59. The van der Waals surface area contributed by atoms with E-state index in [0.717, 1.165) is 11.1 Å². The number of halogens is 1. The molecule has 22 heavy (non-hydrogen) atoms. The molecule has 1 rings (SSSR count). The number of hydrogen-bond donors (Lipinski definition) is 3. The SMILES string of the molecule is CC(C)(C)c1cc(C(O)C(O)CCCl)c(O)c(C(C)(C)C)c1. The van der Waals surface area contributed by atoms with Gasteiger partial charge in [-0.25, -0.2) is 0 Å². The highest BCUT2D eigenvalue weighted by molar-refractivity contribution is 6.17. The molecule has 0 saturated heterocycles. The molecule has 3 N–H and O–H groups in total. The summed E-state index contributed by atoms with van der Waals surface area (Å²) in [6.07, 6.45) is -1.87. The Labute approximate surface area is 138 Å². The number of phenols is 1. The van der Waals surface area contributed by atoms with Crippen molar-refractivity contribution in [3.8, 4) is 5.75 Å². The maximum atomic E-state index is 10.6. The van der Waals surface area contributed by atoms with Crippen molar-refractivity contribution in [1.82, 2.24) is 0 Å². The van der Waals surface area contributed by atoms with E-state index in [-0.39, 0.29) is 28.9 Å². The maximum absolute atomic E-state index is 10.6. The molecule has 2 unspecified atom stereocenters. The number of phenolic OH excluding ortho intramolecular Hbond substituents is 1. The van der Waals surface area contributed by atoms with Crippen molar-refractivity contribution in [1.29, 1.82) is 0 Å². The van der Waals surface area contributed by atoms with Crippen LogP contribution in [0.3, 0.4) is 0 Å². The maximum Gasteiger partial charge on any atom is 0.125 e. The minimum absolute atomic E-state index is 0.0571. The number of hydrogen-bond acceptors (Lipinski definition) is 3. The topological polar surface area (TPSA) is 60.7 Å². The summed E-state index contributed by atoms with van der Waals surface area (Å²) in [5.74, 6) is 0.311. The lowest BCUT2D eigenvalue weighted by molar-refractivity contribution is 0.0154. The summed E-state index contributed by atoms with van der Waals surface area (Å²) in [7, 11) is 0. The molecule has 0 saturated carbocycles. The molecule has 1 aromatic carbocycles. The van der Waals surface area contributed by atoms with Gasteiger partial charge in [-0.2, -0.15) is 0 Å². The molecule has 0 radical (unpaired) electrons. The molecule has 0 amide bonds. The van der Waals surface area contributed by atoms with Crippen LogP contribution in [0.5, 0.6) is 5.75 Å². The number of aliphatic hydroxyl groups excluding tert-OH is 2. The summed E-state index contributed by atoms with van der Waals surface area (Å²) in [5.41, 5.74) is 1.76. The van der Waals surface area contributed by atoms with Gasteiger partial charge < -0.3 is 15.3 Å². The summed E-state index contributed by atoms with van der Waals surface area (Å²) in [6, 6.07) is 3.77. The lowest BCUT2D eigenvalue weighted by Crippen LogP contribution is -2.22. The molecule has 2 atom stereocenters. The van der Waals surface area contributed by atoms with Gasteiger partial charge in [0.15, 0.2) is 0 Å². The fraction of sp³-hybridized carbons (Fsp3) is 0.667. The van der Waals surface area contributed by atoms with Gasteiger partial charge in [0.2, 0.25) is 0 Å². The first-order valence-electron chi connectivity index (χ1n) is 7.69. The van der Waals surface area contributed by atoms with E-state index in [1.807, 2.05) is 26.8 Å². The van der Waals surface area contributed by atoms with Gasteiger partial charge in [-0.1, -0.05) is 47.6 Å². The minimum atomic E-state index is -1.15. The molecule has 126 valence electrons. The first-order valence-corrected chi connectivity index (χ1v) is 8.23. The Morgan fingerprint density at radius 3 is 1.95 bits per heavy atom. The molecule has 0 aromatic heterocycles. The second kappa shape index (κ2) is 6.77. The monoisotopic (exact) mass is 328 g/mol. The van der Waals surface area contributed by atoms with Gasteiger partial charge in [-0.15, -0.1) is 11.6 Å². The van der Waals surface area contributed by atoms with Crippen LogP contribution in [-0.4, -0.2) is 27.3 Å². The van der Waals surface area contributed by atoms with Gasteiger partial charge in [0.25, 0.3) is 0 Å². The summed E-state index contributed by atoms with van der Waals surface area (Å²) in [6.45, 7) is 12.3. The summed E-state index contributed by atoms with van der Waals surface area (Å²) >= 11 is 5.64. The van der Waals surface area contributed by atoms with E-state index < -0.39 is 12.2 Å². The van der Waals surface area contributed by atoms with Gasteiger partial charge in [0.05, 0.1) is 6.10 Å². The van der Waals surface area contributed by atoms with Crippen molar-refractivity contribution in [3.63, 3.8) is 0 Å². The first-order chi connectivity index (χ1) is 9.89. The van der Waals surface area contributed by atoms with E-state index in [9.17, 15) is 15.3 Å². The van der Waals surface area contributed by atoms with E-state index in [1.165, 1.54) is 0 Å². The normalized spacial score (nSPS) is 15.7. The smallest absolute Gasteiger partial charge is 0.125 e. The molecule has 0 spiro atoms. The second-order valence-electron chi connectivity index (χ2n) is 7.95. The standard InChI is InChI=1S/C18H29ClO3/c1-17(2,3)11-9-12(16(22)14(20)7-8-19)15(21)13(10-11)18(4,5)6/h9-10,14,16,20-22H,7-8H2,1-6H3. The predicted octanol–water partition coefficient (Wildman–Crippen LogP) is 4.01. The highest BCUT2D eigenvalue weighted by Crippen LogP contribution is 2.40. The zero-order valence-electron chi connectivity index (χ0n) is 14.4. The van der Waals surface area contributed by atoms with Gasteiger partial charge >= 0.3 is 0 Å². The molecular formula is C18H29ClO3. The van der Waals surface area contributed by atoms with E-state index in [1.54, 1.807) is 6.07 Å². The third kappa shape index (κ3) is 4.37. The van der Waals surface area contributed by atoms with Crippen molar-refractivity contribution in [2.24, 2.45) is 0 Å². The summed E-state index contributed by atoms with van der Waals surface area (Å²) in [4.78, 5) is 0. The molecule has 0 heterocycles. The second-order valence-corrected chi connectivity index (χ2v) is 8.33. The van der Waals surface area contributed by atoms with Crippen molar-refractivity contribution < 1.29 is 15.3 Å². The third-order valence-electron chi connectivity index (χ3n) is 3.90. The van der Waals surface area contributed by atoms with Gasteiger partial charge in [0, 0.05) is 11.4 Å². The summed E-state index contributed by atoms with van der Waals surface area (Å²) in [5, 5.41) is 31.0. The Kier molecular flexibility index (Phi) is 5.94. The van der Waals surface area contributed by atoms with Crippen molar-refractivity contribution >= 4 is 11.6 Å². The molecule has 0 aliphatic carbocycles. The van der Waals surface area contributed by atoms with Crippen LogP contribution in [0.1, 0.15) is 70.8 Å². The number of aromatic hydroxyl groups is 1. The average molecular weight is 329 g/mol. The first kappa shape index (κ1) is 19.3. The van der Waals surface area contributed by atoms with Crippen LogP contribution >= 0.6 is 11.6 Å². The van der Waals surface area contributed by atoms with Crippen molar-refractivity contribution in [2.45, 2.75) is 71.0 Å². The van der Waals surface area contributed by atoms with Crippen LogP contribution in [0.2, 0.25) is 0 Å². The Bertz CT molecular complexity index is 512. The molecule has 0 fully saturated rings. The van der Waals surface area contributed by atoms with Crippen LogP contribution in [0.15, 0.2) is 12.1 Å². The highest BCUT2D eigenvalue weighted by atomic mass is 35.5. The van der Waals surface area contributed by atoms with Crippen molar-refractivity contribution in [3.05, 3.63) is 28.8 Å². The number of aliphatic hydroxyl groups is 2. The molecule has 0 bridgehead atoms.